The molecular formula is C22H24ClN3O3S3. The molecule has 0 bridgehead atoms. The highest BCUT2D eigenvalue weighted by Crippen LogP contribution is 2.32. The third-order valence-electron chi connectivity index (χ3n) is 5.49. The van der Waals surface area contributed by atoms with E-state index >= 15 is 0 Å². The third-order valence-corrected chi connectivity index (χ3v) is 10.1. The number of thiazole rings is 1. The SMILES string of the molecule is C=CCn1c(=NC(=O)C2CCCN2S(=O)(=O)c2ccc(Cl)s2)sc2cc(C(C)C)ccc21. The number of nitrogens with zero attached hydrogens (tertiary/aromatic N) is 3. The summed E-state index contributed by atoms with van der Waals surface area (Å²) >= 11 is 8.37. The topological polar surface area (TPSA) is 71.7 Å². The van der Waals surface area contributed by atoms with Crippen LogP contribution in [0.2, 0.25) is 4.34 Å². The van der Waals surface area contributed by atoms with Gasteiger partial charge < -0.3 is 4.57 Å². The molecule has 0 aliphatic carbocycles. The van der Waals surface area contributed by atoms with Gasteiger partial charge in [0, 0.05) is 13.1 Å². The van der Waals surface area contributed by atoms with E-state index in [9.17, 15) is 13.2 Å². The zero-order chi connectivity index (χ0) is 23.0. The molecule has 1 unspecified atom stereocenters. The third kappa shape index (κ3) is 4.36. The van der Waals surface area contributed by atoms with Crippen molar-refractivity contribution in [3.8, 4) is 0 Å². The Morgan fingerprint density at radius 2 is 2.09 bits per heavy atom. The molecule has 0 saturated carbocycles. The summed E-state index contributed by atoms with van der Waals surface area (Å²) in [6.45, 7) is 8.90. The normalized spacial score (nSPS) is 18.1. The quantitative estimate of drug-likeness (QED) is 0.438. The molecule has 10 heteroatoms. The Bertz CT molecular complexity index is 1350. The lowest BCUT2D eigenvalue weighted by Crippen LogP contribution is -2.40. The van der Waals surface area contributed by atoms with Crippen LogP contribution in [0.5, 0.6) is 0 Å². The molecule has 3 heterocycles. The monoisotopic (exact) mass is 509 g/mol. The van der Waals surface area contributed by atoms with Crippen molar-refractivity contribution in [2.24, 2.45) is 4.99 Å². The van der Waals surface area contributed by atoms with Crippen LogP contribution < -0.4 is 4.80 Å². The molecule has 6 nitrogen and oxygen atoms in total. The summed E-state index contributed by atoms with van der Waals surface area (Å²) in [5.74, 6) is -0.0541. The van der Waals surface area contributed by atoms with E-state index in [0.29, 0.717) is 41.0 Å². The maximum Gasteiger partial charge on any atom is 0.266 e. The van der Waals surface area contributed by atoms with Crippen LogP contribution in [0.4, 0.5) is 0 Å². The molecule has 1 aliphatic heterocycles. The second kappa shape index (κ2) is 9.23. The molecule has 3 aromatic rings. The lowest BCUT2D eigenvalue weighted by atomic mass is 10.0. The Labute approximate surface area is 200 Å². The Morgan fingerprint density at radius 3 is 2.75 bits per heavy atom. The van der Waals surface area contributed by atoms with Crippen LogP contribution in [0.1, 0.15) is 38.2 Å². The number of amides is 1. The van der Waals surface area contributed by atoms with Gasteiger partial charge in [-0.25, -0.2) is 8.42 Å². The molecule has 0 radical (unpaired) electrons. The lowest BCUT2D eigenvalue weighted by Gasteiger charge is -2.20. The predicted octanol–water partition coefficient (Wildman–Crippen LogP) is 5.01. The Balaban J connectivity index is 1.73. The second-order valence-corrected chi connectivity index (χ2v) is 12.8. The summed E-state index contributed by atoms with van der Waals surface area (Å²) < 4.78 is 31.0. The van der Waals surface area contributed by atoms with Crippen molar-refractivity contribution in [3.63, 3.8) is 0 Å². The maximum absolute atomic E-state index is 13.2. The van der Waals surface area contributed by atoms with Gasteiger partial charge in [-0.2, -0.15) is 9.30 Å². The van der Waals surface area contributed by atoms with Crippen molar-refractivity contribution in [2.45, 2.75) is 49.4 Å². The molecule has 1 fully saturated rings. The first-order valence-corrected chi connectivity index (χ1v) is 13.8. The number of carbonyl (C=O) groups excluding carboxylic acids is 1. The average molecular weight is 510 g/mol. The number of fused-ring (bicyclic) bond motifs is 1. The van der Waals surface area contributed by atoms with E-state index in [0.717, 1.165) is 21.6 Å². The fourth-order valence-corrected chi connectivity index (χ4v) is 8.19. The summed E-state index contributed by atoms with van der Waals surface area (Å²) in [4.78, 5) is 18.1. The van der Waals surface area contributed by atoms with E-state index in [1.165, 1.54) is 27.3 Å². The van der Waals surface area contributed by atoms with Crippen molar-refractivity contribution >= 4 is 60.4 Å². The zero-order valence-corrected chi connectivity index (χ0v) is 21.0. The number of halogens is 1. The second-order valence-electron chi connectivity index (χ2n) is 7.95. The number of hydrogen-bond acceptors (Lipinski definition) is 5. The molecule has 1 saturated heterocycles. The predicted molar refractivity (Wildman–Crippen MR) is 131 cm³/mol. The van der Waals surface area contributed by atoms with Crippen molar-refractivity contribution in [1.82, 2.24) is 8.87 Å². The van der Waals surface area contributed by atoms with Gasteiger partial charge in [0.05, 0.1) is 14.6 Å². The van der Waals surface area contributed by atoms with Crippen molar-refractivity contribution in [1.29, 1.82) is 0 Å². The minimum absolute atomic E-state index is 0.145. The fourth-order valence-electron chi connectivity index (χ4n) is 3.84. The van der Waals surface area contributed by atoms with E-state index in [1.807, 2.05) is 10.6 Å². The molecule has 0 N–H and O–H groups in total. The van der Waals surface area contributed by atoms with Gasteiger partial charge in [-0.3, -0.25) is 4.79 Å². The van der Waals surface area contributed by atoms with Crippen LogP contribution >= 0.6 is 34.3 Å². The van der Waals surface area contributed by atoms with Crippen LogP contribution in [0.15, 0.2) is 52.2 Å². The number of benzene rings is 1. The minimum Gasteiger partial charge on any atom is -0.313 e. The van der Waals surface area contributed by atoms with Gasteiger partial charge in [0.2, 0.25) is 0 Å². The van der Waals surface area contributed by atoms with Crippen LogP contribution in [-0.4, -0.2) is 35.8 Å². The molecule has 170 valence electrons. The highest BCUT2D eigenvalue weighted by atomic mass is 35.5. The van der Waals surface area contributed by atoms with E-state index in [-0.39, 0.29) is 4.21 Å². The van der Waals surface area contributed by atoms with Gasteiger partial charge in [-0.05, 0) is 48.6 Å². The van der Waals surface area contributed by atoms with Crippen LogP contribution in [0.3, 0.4) is 0 Å². The number of thiophene rings is 1. The highest BCUT2D eigenvalue weighted by molar-refractivity contribution is 7.91. The number of allylic oxidation sites excluding steroid dienone is 1. The summed E-state index contributed by atoms with van der Waals surface area (Å²) in [6.07, 6.45) is 2.82. The number of carbonyl (C=O) groups is 1. The molecule has 1 aromatic carbocycles. The van der Waals surface area contributed by atoms with Crippen LogP contribution in [0.25, 0.3) is 10.2 Å². The van der Waals surface area contributed by atoms with E-state index in [4.69, 9.17) is 11.6 Å². The molecular weight excluding hydrogens is 486 g/mol. The molecule has 1 amide bonds. The lowest BCUT2D eigenvalue weighted by molar-refractivity contribution is -0.121. The summed E-state index contributed by atoms with van der Waals surface area (Å²) in [6, 6.07) is 8.48. The maximum atomic E-state index is 13.2. The molecule has 1 aliphatic rings. The number of rotatable bonds is 6. The molecule has 0 spiro atoms. The largest absolute Gasteiger partial charge is 0.313 e. The highest BCUT2D eigenvalue weighted by Gasteiger charge is 2.40. The van der Waals surface area contributed by atoms with Crippen molar-refractivity contribution in [2.75, 3.05) is 6.54 Å². The summed E-state index contributed by atoms with van der Waals surface area (Å²) in [7, 11) is -3.80. The van der Waals surface area contributed by atoms with Gasteiger partial charge >= 0.3 is 0 Å². The first kappa shape index (κ1) is 23.4. The van der Waals surface area contributed by atoms with E-state index in [2.05, 4.69) is 37.6 Å². The Hall–Kier alpha value is -1.78. The summed E-state index contributed by atoms with van der Waals surface area (Å²) in [5, 5.41) is 0. The van der Waals surface area contributed by atoms with Gasteiger partial charge in [-0.1, -0.05) is 48.9 Å². The van der Waals surface area contributed by atoms with Gasteiger partial charge in [0.15, 0.2) is 4.80 Å². The molecule has 1 atom stereocenters. The standard InChI is InChI=1S/C22H24ClN3O3S3/c1-4-11-25-16-8-7-15(14(2)3)13-18(16)30-22(25)24-21(27)17-6-5-12-26(17)32(28,29)20-10-9-19(23)31-20/h4,7-10,13-14,17H,1,5-6,11-12H2,2-3H3. The van der Waals surface area contributed by atoms with E-state index in [1.54, 1.807) is 12.1 Å². The average Bonchev–Trinajstić information content (AvgIpc) is 3.47. The van der Waals surface area contributed by atoms with Crippen LogP contribution in [-0.2, 0) is 21.4 Å². The van der Waals surface area contributed by atoms with Crippen molar-refractivity contribution < 1.29 is 13.2 Å². The Morgan fingerprint density at radius 1 is 1.31 bits per heavy atom. The summed E-state index contributed by atoms with van der Waals surface area (Å²) in [5.41, 5.74) is 2.19. The first-order valence-electron chi connectivity index (χ1n) is 10.3. The minimum atomic E-state index is -3.80. The number of sulfonamides is 1. The van der Waals surface area contributed by atoms with Crippen LogP contribution in [0, 0.1) is 0 Å². The fraction of sp³-hybridized carbons (Fsp3) is 0.364. The Kier molecular flexibility index (Phi) is 6.74. The van der Waals surface area contributed by atoms with E-state index < -0.39 is 22.0 Å². The van der Waals surface area contributed by atoms with Gasteiger partial charge in [0.25, 0.3) is 15.9 Å². The van der Waals surface area contributed by atoms with Gasteiger partial charge in [0.1, 0.15) is 10.3 Å². The van der Waals surface area contributed by atoms with Crippen molar-refractivity contribution in [3.05, 3.63) is 57.7 Å². The molecule has 2 aromatic heterocycles. The van der Waals surface area contributed by atoms with Gasteiger partial charge in [-0.15, -0.1) is 17.9 Å². The smallest absolute Gasteiger partial charge is 0.266 e. The number of hydrogen-bond donors (Lipinski definition) is 0. The molecule has 4 rings (SSSR count). The number of aromatic nitrogens is 1. The zero-order valence-electron chi connectivity index (χ0n) is 17.8. The first-order chi connectivity index (χ1) is 15.2. The molecule has 32 heavy (non-hydrogen) atoms.